The van der Waals surface area contributed by atoms with Crippen molar-refractivity contribution < 1.29 is 27.9 Å². The van der Waals surface area contributed by atoms with Crippen LogP contribution in [0.5, 0.6) is 0 Å². The molecule has 1 spiro atoms. The van der Waals surface area contributed by atoms with E-state index in [1.807, 2.05) is 0 Å². The van der Waals surface area contributed by atoms with Gasteiger partial charge in [-0.05, 0) is 55.0 Å². The van der Waals surface area contributed by atoms with E-state index in [9.17, 15) is 27.9 Å². The molecule has 1 saturated carbocycles. The third-order valence-electron chi connectivity index (χ3n) is 8.27. The number of β-amino-alcohol motifs (C(OH)–C–C–N with tert-alkyl or cyclic N) is 1. The molecular formula is C29H31F3N2O3. The predicted molar refractivity (Wildman–Crippen MR) is 134 cm³/mol. The normalized spacial score (nSPS) is 27.4. The quantitative estimate of drug-likeness (QED) is 0.594. The number of ketones is 1. The van der Waals surface area contributed by atoms with Gasteiger partial charge in [0.05, 0.1) is 18.2 Å². The van der Waals surface area contributed by atoms with E-state index in [0.29, 0.717) is 19.1 Å². The molecule has 0 aromatic heterocycles. The Balaban J connectivity index is 1.10. The molecule has 1 saturated heterocycles. The first kappa shape index (κ1) is 25.7. The van der Waals surface area contributed by atoms with E-state index in [2.05, 4.69) is 46.6 Å². The molecule has 3 aliphatic rings. The summed E-state index contributed by atoms with van der Waals surface area (Å²) in [7, 11) is 0. The molecule has 2 aromatic rings. The topological polar surface area (TPSA) is 69.6 Å². The van der Waals surface area contributed by atoms with Crippen molar-refractivity contribution in [2.45, 2.75) is 55.8 Å². The average Bonchev–Trinajstić information content (AvgIpc) is 3.43. The lowest BCUT2D eigenvalue weighted by Crippen LogP contribution is -2.41. The van der Waals surface area contributed by atoms with Crippen molar-refractivity contribution in [3.05, 3.63) is 76.9 Å². The first-order valence-corrected chi connectivity index (χ1v) is 12.8. The van der Waals surface area contributed by atoms with Crippen LogP contribution in [0, 0.1) is 5.92 Å². The highest BCUT2D eigenvalue weighted by Crippen LogP contribution is 2.47. The third-order valence-corrected chi connectivity index (χ3v) is 8.27. The molecule has 0 bridgehead atoms. The van der Waals surface area contributed by atoms with E-state index >= 15 is 0 Å². The van der Waals surface area contributed by atoms with Crippen LogP contribution in [0.25, 0.3) is 6.08 Å². The molecular weight excluding hydrogens is 481 g/mol. The number of Topliss-reactive ketones (excluding diaryl/α,β-unsaturated/α-hetero) is 1. The highest BCUT2D eigenvalue weighted by Gasteiger charge is 2.42. The molecule has 0 unspecified atom stereocenters. The van der Waals surface area contributed by atoms with Crippen molar-refractivity contribution in [1.82, 2.24) is 10.2 Å². The second kappa shape index (κ2) is 10.1. The molecule has 1 amide bonds. The Kier molecular flexibility index (Phi) is 6.98. The van der Waals surface area contributed by atoms with Gasteiger partial charge >= 0.3 is 6.18 Å². The van der Waals surface area contributed by atoms with E-state index in [0.717, 1.165) is 43.9 Å². The lowest BCUT2D eigenvalue weighted by molar-refractivity contribution is -0.137. The number of carbonyl (C=O) groups excluding carboxylic acids is 2. The largest absolute Gasteiger partial charge is 0.416 e. The summed E-state index contributed by atoms with van der Waals surface area (Å²) in [6.07, 6.45) is 3.70. The molecule has 196 valence electrons. The van der Waals surface area contributed by atoms with Gasteiger partial charge in [0.2, 0.25) is 0 Å². The van der Waals surface area contributed by atoms with Gasteiger partial charge in [0, 0.05) is 42.4 Å². The first-order valence-electron chi connectivity index (χ1n) is 12.8. The maximum absolute atomic E-state index is 12.9. The number of nitrogens with one attached hydrogen (secondary N) is 1. The van der Waals surface area contributed by atoms with E-state index < -0.39 is 23.8 Å². The number of benzene rings is 2. The summed E-state index contributed by atoms with van der Waals surface area (Å²) >= 11 is 0. The number of allylic oxidation sites excluding steroid dienone is 1. The van der Waals surface area contributed by atoms with Crippen LogP contribution in [-0.4, -0.2) is 53.5 Å². The van der Waals surface area contributed by atoms with Gasteiger partial charge in [-0.25, -0.2) is 0 Å². The highest BCUT2D eigenvalue weighted by atomic mass is 19.4. The number of fused-ring (bicyclic) bond motifs is 2. The number of rotatable bonds is 6. The number of aliphatic hydroxyl groups is 1. The minimum atomic E-state index is -4.55. The SMILES string of the molecule is O=C(CNC(=O)c1cccc(C(F)(F)F)c1)C[C@H]1CN(C2CCC3(C=Cc4ccccc43)CC2)C[C@@H]1O. The molecule has 1 heterocycles. The van der Waals surface area contributed by atoms with E-state index in [-0.39, 0.29) is 35.6 Å². The molecule has 8 heteroatoms. The molecule has 0 radical (unpaired) electrons. The summed E-state index contributed by atoms with van der Waals surface area (Å²) < 4.78 is 38.7. The van der Waals surface area contributed by atoms with Crippen LogP contribution >= 0.6 is 0 Å². The van der Waals surface area contributed by atoms with Gasteiger partial charge in [0.15, 0.2) is 5.78 Å². The summed E-state index contributed by atoms with van der Waals surface area (Å²) in [5.74, 6) is -1.20. The molecule has 37 heavy (non-hydrogen) atoms. The number of hydrogen-bond acceptors (Lipinski definition) is 4. The minimum Gasteiger partial charge on any atom is -0.391 e. The monoisotopic (exact) mass is 512 g/mol. The van der Waals surface area contributed by atoms with Crippen LogP contribution in [-0.2, 0) is 16.4 Å². The number of amides is 1. The van der Waals surface area contributed by atoms with Crippen LogP contribution < -0.4 is 5.32 Å². The van der Waals surface area contributed by atoms with Crippen molar-refractivity contribution in [3.8, 4) is 0 Å². The Morgan fingerprint density at radius 3 is 2.57 bits per heavy atom. The molecule has 5 nitrogen and oxygen atoms in total. The molecule has 2 atom stereocenters. The molecule has 2 aromatic carbocycles. The Morgan fingerprint density at radius 1 is 1.05 bits per heavy atom. The Morgan fingerprint density at radius 2 is 1.81 bits per heavy atom. The molecule has 2 N–H and O–H groups in total. The molecule has 5 rings (SSSR count). The summed E-state index contributed by atoms with van der Waals surface area (Å²) in [6.45, 7) is 0.868. The fourth-order valence-electron chi connectivity index (χ4n) is 6.22. The van der Waals surface area contributed by atoms with Crippen molar-refractivity contribution in [2.24, 2.45) is 5.92 Å². The average molecular weight is 513 g/mol. The number of likely N-dealkylation sites (tertiary alicyclic amines) is 1. The number of alkyl halides is 3. The van der Waals surface area contributed by atoms with E-state index in [1.54, 1.807) is 0 Å². The standard InChI is InChI=1S/C29H31F3N2O3/c30-29(31,32)22-6-3-5-20(14-22)27(37)33-16-24(35)15-21-17-34(18-26(21)36)23-9-12-28(13-10-23)11-8-19-4-1-2-7-25(19)28/h1-8,11,14,21,23,26,36H,9-10,12-13,15-18H2,(H,33,37)/t21-,23?,26-,28?/m0/s1. The Labute approximate surface area is 214 Å². The van der Waals surface area contributed by atoms with Gasteiger partial charge in [-0.1, -0.05) is 42.5 Å². The van der Waals surface area contributed by atoms with Crippen LogP contribution in [0.3, 0.4) is 0 Å². The summed E-state index contributed by atoms with van der Waals surface area (Å²) in [5.41, 5.74) is 1.76. The number of carbonyl (C=O) groups is 2. The lowest BCUT2D eigenvalue weighted by atomic mass is 9.69. The maximum atomic E-state index is 12.9. The second-order valence-corrected chi connectivity index (χ2v) is 10.6. The number of halogens is 3. The fraction of sp³-hybridized carbons (Fsp3) is 0.448. The zero-order chi connectivity index (χ0) is 26.2. The van der Waals surface area contributed by atoms with Gasteiger partial charge in [0.25, 0.3) is 5.91 Å². The van der Waals surface area contributed by atoms with Crippen LogP contribution in [0.4, 0.5) is 13.2 Å². The predicted octanol–water partition coefficient (Wildman–Crippen LogP) is 4.59. The van der Waals surface area contributed by atoms with Gasteiger partial charge in [-0.3, -0.25) is 14.5 Å². The summed E-state index contributed by atoms with van der Waals surface area (Å²) in [5, 5.41) is 13.1. The van der Waals surface area contributed by atoms with Crippen molar-refractivity contribution in [3.63, 3.8) is 0 Å². The summed E-state index contributed by atoms with van der Waals surface area (Å²) in [6, 6.07) is 13.0. The van der Waals surface area contributed by atoms with Crippen molar-refractivity contribution >= 4 is 17.8 Å². The minimum absolute atomic E-state index is 0.110. The highest BCUT2D eigenvalue weighted by molar-refractivity contribution is 5.96. The molecule has 1 aliphatic heterocycles. The van der Waals surface area contributed by atoms with Gasteiger partial charge in [-0.15, -0.1) is 0 Å². The lowest BCUT2D eigenvalue weighted by Gasteiger charge is -2.40. The van der Waals surface area contributed by atoms with Crippen LogP contribution in [0.15, 0.2) is 54.6 Å². The van der Waals surface area contributed by atoms with Crippen molar-refractivity contribution in [1.29, 1.82) is 0 Å². The van der Waals surface area contributed by atoms with Crippen LogP contribution in [0.1, 0.15) is 59.2 Å². The van der Waals surface area contributed by atoms with Crippen molar-refractivity contribution in [2.75, 3.05) is 19.6 Å². The zero-order valence-electron chi connectivity index (χ0n) is 20.5. The number of hydrogen-bond donors (Lipinski definition) is 2. The number of nitrogens with zero attached hydrogens (tertiary/aromatic N) is 1. The zero-order valence-corrected chi connectivity index (χ0v) is 20.5. The van der Waals surface area contributed by atoms with Crippen LogP contribution in [0.2, 0.25) is 0 Å². The molecule has 2 fully saturated rings. The maximum Gasteiger partial charge on any atom is 0.416 e. The van der Waals surface area contributed by atoms with E-state index in [1.165, 1.54) is 17.2 Å². The summed E-state index contributed by atoms with van der Waals surface area (Å²) in [4.78, 5) is 27.1. The smallest absolute Gasteiger partial charge is 0.391 e. The van der Waals surface area contributed by atoms with E-state index in [4.69, 9.17) is 0 Å². The molecule has 2 aliphatic carbocycles. The Bertz CT molecular complexity index is 1200. The van der Waals surface area contributed by atoms with Gasteiger partial charge in [0.1, 0.15) is 0 Å². The van der Waals surface area contributed by atoms with Gasteiger partial charge < -0.3 is 10.4 Å². The number of aliphatic hydroxyl groups excluding tert-OH is 1. The first-order chi connectivity index (χ1) is 17.6. The second-order valence-electron chi connectivity index (χ2n) is 10.6. The van der Waals surface area contributed by atoms with Gasteiger partial charge in [-0.2, -0.15) is 13.2 Å². The third kappa shape index (κ3) is 5.36. The Hall–Kier alpha value is -2.97. The fourth-order valence-corrected chi connectivity index (χ4v) is 6.22.